The Kier molecular flexibility index (Phi) is 3.72. The minimum atomic E-state index is -0.0496. The van der Waals surface area contributed by atoms with Gasteiger partial charge in [-0.1, -0.05) is 37.3 Å². The summed E-state index contributed by atoms with van der Waals surface area (Å²) >= 11 is 0. The van der Waals surface area contributed by atoms with Gasteiger partial charge in [-0.2, -0.15) is 0 Å². The zero-order valence-electron chi connectivity index (χ0n) is 10.2. The van der Waals surface area contributed by atoms with Gasteiger partial charge in [-0.05, 0) is 18.8 Å². The first-order chi connectivity index (χ1) is 8.16. The molecule has 17 heavy (non-hydrogen) atoms. The Hall–Kier alpha value is -1.44. The van der Waals surface area contributed by atoms with Crippen molar-refractivity contribution in [2.75, 3.05) is 0 Å². The molecule has 2 heteroatoms. The number of rotatable bonds is 3. The molecule has 1 fully saturated rings. The third-order valence-corrected chi connectivity index (χ3v) is 3.55. The lowest BCUT2D eigenvalue weighted by Gasteiger charge is -2.24. The molecule has 0 spiro atoms. The van der Waals surface area contributed by atoms with Crippen molar-refractivity contribution in [1.29, 1.82) is 0 Å². The van der Waals surface area contributed by atoms with Crippen LogP contribution in [0.2, 0.25) is 0 Å². The van der Waals surface area contributed by atoms with Crippen LogP contribution in [0.15, 0.2) is 30.3 Å². The van der Waals surface area contributed by atoms with E-state index in [0.717, 1.165) is 18.4 Å². The first kappa shape index (κ1) is 12.0. The van der Waals surface area contributed by atoms with Gasteiger partial charge in [-0.3, -0.25) is 9.59 Å². The van der Waals surface area contributed by atoms with Crippen molar-refractivity contribution < 1.29 is 9.59 Å². The van der Waals surface area contributed by atoms with Crippen LogP contribution in [0.3, 0.4) is 0 Å². The highest BCUT2D eigenvalue weighted by Crippen LogP contribution is 2.29. The van der Waals surface area contributed by atoms with E-state index in [4.69, 9.17) is 0 Å². The van der Waals surface area contributed by atoms with Crippen molar-refractivity contribution in [3.05, 3.63) is 35.9 Å². The van der Waals surface area contributed by atoms with Gasteiger partial charge in [0, 0.05) is 24.3 Å². The van der Waals surface area contributed by atoms with E-state index in [0.29, 0.717) is 18.8 Å². The van der Waals surface area contributed by atoms with E-state index in [9.17, 15) is 9.59 Å². The summed E-state index contributed by atoms with van der Waals surface area (Å²) < 4.78 is 0. The van der Waals surface area contributed by atoms with E-state index in [1.165, 1.54) is 0 Å². The zero-order valence-corrected chi connectivity index (χ0v) is 10.2. The highest BCUT2D eigenvalue weighted by molar-refractivity contribution is 5.98. The van der Waals surface area contributed by atoms with Gasteiger partial charge in [0.2, 0.25) is 0 Å². The van der Waals surface area contributed by atoms with Crippen molar-refractivity contribution in [3.63, 3.8) is 0 Å². The maximum Gasteiger partial charge on any atom is 0.163 e. The maximum absolute atomic E-state index is 12.0. The molecule has 0 amide bonds. The lowest BCUT2D eigenvalue weighted by atomic mass is 9.78. The van der Waals surface area contributed by atoms with Crippen molar-refractivity contribution in [2.45, 2.75) is 32.6 Å². The Balaban J connectivity index is 2.01. The van der Waals surface area contributed by atoms with E-state index in [1.54, 1.807) is 0 Å². The first-order valence-electron chi connectivity index (χ1n) is 6.28. The van der Waals surface area contributed by atoms with Gasteiger partial charge >= 0.3 is 0 Å². The van der Waals surface area contributed by atoms with Crippen LogP contribution in [0.5, 0.6) is 0 Å². The second kappa shape index (κ2) is 5.26. The zero-order chi connectivity index (χ0) is 12.3. The Labute approximate surface area is 102 Å². The molecule has 90 valence electrons. The molecule has 1 aromatic rings. The SMILES string of the molecule is CC1CCC(=O)C(CC(=O)c2ccccc2)C1. The molecule has 0 saturated heterocycles. The molecule has 1 aromatic carbocycles. The average molecular weight is 230 g/mol. The summed E-state index contributed by atoms with van der Waals surface area (Å²) in [5.74, 6) is 0.887. The van der Waals surface area contributed by atoms with Crippen LogP contribution in [0, 0.1) is 11.8 Å². The fourth-order valence-electron chi connectivity index (χ4n) is 2.49. The largest absolute Gasteiger partial charge is 0.299 e. The average Bonchev–Trinajstić information content (AvgIpc) is 2.35. The molecule has 0 radical (unpaired) electrons. The van der Waals surface area contributed by atoms with Crippen molar-refractivity contribution in [3.8, 4) is 0 Å². The normalized spacial score (nSPS) is 24.6. The highest BCUT2D eigenvalue weighted by atomic mass is 16.1. The summed E-state index contributed by atoms with van der Waals surface area (Å²) in [5.41, 5.74) is 0.721. The quantitative estimate of drug-likeness (QED) is 0.747. The predicted molar refractivity (Wildman–Crippen MR) is 66.9 cm³/mol. The highest BCUT2D eigenvalue weighted by Gasteiger charge is 2.28. The van der Waals surface area contributed by atoms with Gasteiger partial charge in [0.15, 0.2) is 5.78 Å². The molecule has 2 nitrogen and oxygen atoms in total. The Morgan fingerprint density at radius 3 is 2.71 bits per heavy atom. The second-order valence-corrected chi connectivity index (χ2v) is 5.04. The predicted octanol–water partition coefficient (Wildman–Crippen LogP) is 3.26. The second-order valence-electron chi connectivity index (χ2n) is 5.04. The number of carbonyl (C=O) groups excluding carboxylic acids is 2. The van der Waals surface area contributed by atoms with Gasteiger partial charge in [0.25, 0.3) is 0 Å². The minimum absolute atomic E-state index is 0.0496. The van der Waals surface area contributed by atoms with Gasteiger partial charge in [0.1, 0.15) is 5.78 Å². The molecule has 0 bridgehead atoms. The number of ketones is 2. The number of benzene rings is 1. The van der Waals surface area contributed by atoms with E-state index in [1.807, 2.05) is 30.3 Å². The van der Waals surface area contributed by atoms with Crippen molar-refractivity contribution in [2.24, 2.45) is 11.8 Å². The molecule has 1 saturated carbocycles. The van der Waals surface area contributed by atoms with Gasteiger partial charge in [-0.15, -0.1) is 0 Å². The third kappa shape index (κ3) is 3.02. The van der Waals surface area contributed by atoms with Crippen molar-refractivity contribution in [1.82, 2.24) is 0 Å². The Morgan fingerprint density at radius 2 is 2.00 bits per heavy atom. The minimum Gasteiger partial charge on any atom is -0.299 e. The van der Waals surface area contributed by atoms with Crippen LogP contribution in [-0.4, -0.2) is 11.6 Å². The molecule has 0 aromatic heterocycles. The third-order valence-electron chi connectivity index (χ3n) is 3.55. The number of hydrogen-bond acceptors (Lipinski definition) is 2. The lowest BCUT2D eigenvalue weighted by molar-refractivity contribution is -0.125. The van der Waals surface area contributed by atoms with Gasteiger partial charge in [-0.25, -0.2) is 0 Å². The molecule has 0 heterocycles. The van der Waals surface area contributed by atoms with E-state index in [2.05, 4.69) is 6.92 Å². The fraction of sp³-hybridized carbons (Fsp3) is 0.467. The molecule has 0 aliphatic heterocycles. The summed E-state index contributed by atoms with van der Waals surface area (Å²) in [6, 6.07) is 9.25. The molecule has 1 aliphatic carbocycles. The number of Topliss-reactive ketones (excluding diaryl/α,β-unsaturated/α-hetero) is 2. The molecular weight excluding hydrogens is 212 g/mol. The van der Waals surface area contributed by atoms with Crippen molar-refractivity contribution >= 4 is 11.6 Å². The molecule has 2 atom stereocenters. The van der Waals surface area contributed by atoms with E-state index >= 15 is 0 Å². The summed E-state index contributed by atoms with van der Waals surface area (Å²) in [6.45, 7) is 2.16. The van der Waals surface area contributed by atoms with E-state index < -0.39 is 0 Å². The van der Waals surface area contributed by atoms with E-state index in [-0.39, 0.29) is 17.5 Å². The maximum atomic E-state index is 12.0. The topological polar surface area (TPSA) is 34.1 Å². The molecule has 2 unspecified atom stereocenters. The summed E-state index contributed by atoms with van der Waals surface area (Å²) in [5, 5.41) is 0. The van der Waals surface area contributed by atoms with Crippen LogP contribution in [0.4, 0.5) is 0 Å². The van der Waals surface area contributed by atoms with Crippen LogP contribution >= 0.6 is 0 Å². The fourth-order valence-corrected chi connectivity index (χ4v) is 2.49. The van der Waals surface area contributed by atoms with Crippen LogP contribution in [0.25, 0.3) is 0 Å². The number of hydrogen-bond donors (Lipinski definition) is 0. The Morgan fingerprint density at radius 1 is 1.29 bits per heavy atom. The van der Waals surface area contributed by atoms with Gasteiger partial charge in [0.05, 0.1) is 0 Å². The van der Waals surface area contributed by atoms with Crippen LogP contribution in [-0.2, 0) is 4.79 Å². The standard InChI is InChI=1S/C15H18O2/c1-11-7-8-14(16)13(9-11)10-15(17)12-5-3-2-4-6-12/h2-6,11,13H,7-10H2,1H3. The van der Waals surface area contributed by atoms with Crippen LogP contribution in [0.1, 0.15) is 43.0 Å². The monoisotopic (exact) mass is 230 g/mol. The molecular formula is C15H18O2. The molecule has 0 N–H and O–H groups in total. The summed E-state index contributed by atoms with van der Waals surface area (Å²) in [6.07, 6.45) is 2.88. The smallest absolute Gasteiger partial charge is 0.163 e. The van der Waals surface area contributed by atoms with Gasteiger partial charge < -0.3 is 0 Å². The Bertz CT molecular complexity index is 408. The number of carbonyl (C=O) groups is 2. The molecule has 1 aliphatic rings. The summed E-state index contributed by atoms with van der Waals surface area (Å²) in [4.78, 5) is 23.8. The summed E-state index contributed by atoms with van der Waals surface area (Å²) in [7, 11) is 0. The van der Waals surface area contributed by atoms with Crippen LogP contribution < -0.4 is 0 Å². The lowest BCUT2D eigenvalue weighted by Crippen LogP contribution is -2.25. The first-order valence-corrected chi connectivity index (χ1v) is 6.28. The molecule has 2 rings (SSSR count).